The molecule has 1 aliphatic heterocycles. The Kier molecular flexibility index (Phi) is 8.03. The van der Waals surface area contributed by atoms with Crippen molar-refractivity contribution >= 4 is 29.1 Å². The summed E-state index contributed by atoms with van der Waals surface area (Å²) in [6.45, 7) is 1.93. The second-order valence-electron chi connectivity index (χ2n) is 9.57. The molecule has 0 fully saturated rings. The molecule has 0 saturated carbocycles. The highest BCUT2D eigenvalue weighted by Gasteiger charge is 2.39. The third-order valence-corrected chi connectivity index (χ3v) is 8.25. The van der Waals surface area contributed by atoms with Gasteiger partial charge >= 0.3 is 0 Å². The number of anilines is 1. The highest BCUT2D eigenvalue weighted by atomic mass is 32.2. The van der Waals surface area contributed by atoms with Gasteiger partial charge in [-0.25, -0.2) is 5.43 Å². The number of benzene rings is 3. The van der Waals surface area contributed by atoms with E-state index >= 15 is 0 Å². The molecule has 38 heavy (non-hydrogen) atoms. The van der Waals surface area contributed by atoms with Crippen molar-refractivity contribution in [1.29, 1.82) is 0 Å². The Bertz CT molecular complexity index is 1360. The molecule has 3 atom stereocenters. The number of amides is 1. The number of ether oxygens (including phenoxy) is 2. The molecule has 0 radical (unpaired) electrons. The Balaban J connectivity index is 1.29. The van der Waals surface area contributed by atoms with Crippen LogP contribution in [0.15, 0.2) is 84.0 Å². The first kappa shape index (κ1) is 25.9. The molecule has 3 aromatic carbocycles. The highest BCUT2D eigenvalue weighted by molar-refractivity contribution is 7.99. The zero-order chi connectivity index (χ0) is 26.5. The van der Waals surface area contributed by atoms with Gasteiger partial charge in [-0.3, -0.25) is 4.79 Å². The van der Waals surface area contributed by atoms with Crippen molar-refractivity contribution in [2.24, 2.45) is 11.0 Å². The van der Waals surface area contributed by atoms with E-state index in [1.807, 2.05) is 37.3 Å². The van der Waals surface area contributed by atoms with E-state index in [9.17, 15) is 4.79 Å². The number of fused-ring (bicyclic) bond motifs is 3. The summed E-state index contributed by atoms with van der Waals surface area (Å²) in [6, 6.07) is 22.7. The summed E-state index contributed by atoms with van der Waals surface area (Å²) in [6.07, 6.45) is 5.56. The third kappa shape index (κ3) is 5.43. The molecule has 196 valence electrons. The Morgan fingerprint density at radius 1 is 1.05 bits per heavy atom. The van der Waals surface area contributed by atoms with Gasteiger partial charge in [0.25, 0.3) is 0 Å². The summed E-state index contributed by atoms with van der Waals surface area (Å²) < 4.78 is 11.3. The van der Waals surface area contributed by atoms with Crippen LogP contribution in [0.4, 0.5) is 5.69 Å². The number of hydrogen-bond acceptors (Lipinski definition) is 6. The number of thioether (sulfide) groups is 1. The maximum absolute atomic E-state index is 12.3. The lowest BCUT2D eigenvalue weighted by molar-refractivity contribution is -0.118. The summed E-state index contributed by atoms with van der Waals surface area (Å²) in [5.74, 6) is 3.22. The van der Waals surface area contributed by atoms with Crippen LogP contribution >= 0.6 is 11.8 Å². The standard InChI is InChI=1S/C31H33N3O3S/c1-20(33-34-29(35)19-38-18-21-9-5-4-6-10-21)22-15-16-27-26(17-22)23-11-7-12-24(23)30(32-27)25-13-8-14-28(36-2)31(25)37-3/h4-11,13-17,23-24,30,32H,12,18-19H2,1-3H3,(H,34,35)/b33-20-/t23-,24+,30-/m1/s1. The van der Waals surface area contributed by atoms with Crippen LogP contribution < -0.4 is 20.2 Å². The summed E-state index contributed by atoms with van der Waals surface area (Å²) in [4.78, 5) is 12.3. The third-order valence-electron chi connectivity index (χ3n) is 7.24. The van der Waals surface area contributed by atoms with E-state index in [1.54, 1.807) is 26.0 Å². The van der Waals surface area contributed by atoms with Crippen molar-refractivity contribution < 1.29 is 14.3 Å². The van der Waals surface area contributed by atoms with Crippen molar-refractivity contribution in [3.8, 4) is 11.5 Å². The van der Waals surface area contributed by atoms with E-state index in [2.05, 4.69) is 64.4 Å². The first-order valence-electron chi connectivity index (χ1n) is 12.8. The van der Waals surface area contributed by atoms with Crippen LogP contribution in [0.3, 0.4) is 0 Å². The SMILES string of the molecule is COc1cccc([C@@H]2Nc3ccc(/C(C)=N\NC(=O)CSCc4ccccc4)cc3[C@@H]3C=CC[C@@H]32)c1OC. The van der Waals surface area contributed by atoms with Crippen molar-refractivity contribution in [2.45, 2.75) is 31.1 Å². The van der Waals surface area contributed by atoms with Crippen molar-refractivity contribution in [3.63, 3.8) is 0 Å². The zero-order valence-electron chi connectivity index (χ0n) is 21.9. The van der Waals surface area contributed by atoms with Crippen LogP contribution in [0.25, 0.3) is 0 Å². The van der Waals surface area contributed by atoms with E-state index in [1.165, 1.54) is 11.1 Å². The van der Waals surface area contributed by atoms with Crippen LogP contribution in [0.2, 0.25) is 0 Å². The normalized spacial score (nSPS) is 19.8. The number of rotatable bonds is 9. The quantitative estimate of drug-likeness (QED) is 0.194. The first-order chi connectivity index (χ1) is 18.6. The maximum atomic E-state index is 12.3. The predicted molar refractivity (Wildman–Crippen MR) is 155 cm³/mol. The molecular weight excluding hydrogens is 494 g/mol. The number of hydrazone groups is 1. The molecule has 0 spiro atoms. The summed E-state index contributed by atoms with van der Waals surface area (Å²) >= 11 is 1.58. The summed E-state index contributed by atoms with van der Waals surface area (Å²) in [7, 11) is 3.36. The van der Waals surface area contributed by atoms with E-state index in [0.717, 1.165) is 46.2 Å². The van der Waals surface area contributed by atoms with Gasteiger partial charge in [0.15, 0.2) is 11.5 Å². The van der Waals surface area contributed by atoms with Crippen LogP contribution in [0.1, 0.15) is 47.6 Å². The van der Waals surface area contributed by atoms with Gasteiger partial charge in [0.1, 0.15) is 0 Å². The van der Waals surface area contributed by atoms with Gasteiger partial charge in [-0.05, 0) is 54.2 Å². The lowest BCUT2D eigenvalue weighted by atomic mass is 9.76. The number of hydrogen-bond donors (Lipinski definition) is 2. The van der Waals surface area contributed by atoms with Crippen molar-refractivity contribution in [2.75, 3.05) is 25.3 Å². The van der Waals surface area contributed by atoms with Gasteiger partial charge < -0.3 is 14.8 Å². The molecule has 1 amide bonds. The van der Waals surface area contributed by atoms with Crippen molar-refractivity contribution in [1.82, 2.24) is 5.43 Å². The van der Waals surface area contributed by atoms with Crippen LogP contribution in [-0.4, -0.2) is 31.6 Å². The maximum Gasteiger partial charge on any atom is 0.250 e. The Morgan fingerprint density at radius 3 is 2.68 bits per heavy atom. The monoisotopic (exact) mass is 527 g/mol. The predicted octanol–water partition coefficient (Wildman–Crippen LogP) is 6.30. The molecule has 1 aliphatic carbocycles. The Labute approximate surface area is 228 Å². The fourth-order valence-corrected chi connectivity index (χ4v) is 6.14. The summed E-state index contributed by atoms with van der Waals surface area (Å²) in [5, 5.41) is 8.17. The molecule has 0 unspecified atom stereocenters. The Hall–Kier alpha value is -3.71. The second-order valence-corrected chi connectivity index (χ2v) is 10.6. The molecule has 2 aliphatic rings. The molecule has 1 heterocycles. The molecule has 3 aromatic rings. The minimum atomic E-state index is -0.0984. The molecule has 6 nitrogen and oxygen atoms in total. The van der Waals surface area contributed by atoms with Crippen LogP contribution in [-0.2, 0) is 10.5 Å². The van der Waals surface area contributed by atoms with E-state index in [0.29, 0.717) is 11.7 Å². The van der Waals surface area contributed by atoms with Gasteiger partial charge in [-0.2, -0.15) is 5.10 Å². The average molecular weight is 528 g/mol. The number of nitrogens with one attached hydrogen (secondary N) is 2. The fourth-order valence-electron chi connectivity index (χ4n) is 5.36. The molecule has 0 aromatic heterocycles. The van der Waals surface area contributed by atoms with Crippen LogP contribution in [0, 0.1) is 5.92 Å². The van der Waals surface area contributed by atoms with Crippen molar-refractivity contribution in [3.05, 3.63) is 101 Å². The molecule has 0 bridgehead atoms. The molecule has 5 rings (SSSR count). The minimum absolute atomic E-state index is 0.0980. The highest BCUT2D eigenvalue weighted by Crippen LogP contribution is 2.52. The first-order valence-corrected chi connectivity index (χ1v) is 14.0. The largest absolute Gasteiger partial charge is 0.493 e. The zero-order valence-corrected chi connectivity index (χ0v) is 22.8. The van der Waals surface area contributed by atoms with Gasteiger partial charge in [0.2, 0.25) is 5.91 Å². The number of nitrogens with zero attached hydrogens (tertiary/aromatic N) is 1. The van der Waals surface area contributed by atoms with E-state index in [4.69, 9.17) is 9.47 Å². The van der Waals surface area contributed by atoms with E-state index < -0.39 is 0 Å². The lowest BCUT2D eigenvalue weighted by Crippen LogP contribution is -2.29. The van der Waals surface area contributed by atoms with Gasteiger partial charge in [-0.15, -0.1) is 11.8 Å². The number of carbonyl (C=O) groups is 1. The average Bonchev–Trinajstić information content (AvgIpc) is 3.46. The van der Waals surface area contributed by atoms with Gasteiger partial charge in [-0.1, -0.05) is 60.7 Å². The fraction of sp³-hybridized carbons (Fsp3) is 0.290. The molecule has 0 saturated heterocycles. The van der Waals surface area contributed by atoms with Gasteiger partial charge in [0, 0.05) is 22.9 Å². The Morgan fingerprint density at radius 2 is 1.89 bits per heavy atom. The van der Waals surface area contributed by atoms with Gasteiger partial charge in [0.05, 0.1) is 31.7 Å². The number of para-hydroxylation sites is 1. The summed E-state index contributed by atoms with van der Waals surface area (Å²) in [5.41, 5.74) is 9.16. The lowest BCUT2D eigenvalue weighted by Gasteiger charge is -2.38. The molecule has 7 heteroatoms. The minimum Gasteiger partial charge on any atom is -0.493 e. The topological polar surface area (TPSA) is 72.0 Å². The number of allylic oxidation sites excluding steroid dienone is 2. The van der Waals surface area contributed by atoms with E-state index in [-0.39, 0.29) is 17.9 Å². The smallest absolute Gasteiger partial charge is 0.250 e. The molecular formula is C31H33N3O3S. The number of carbonyl (C=O) groups excluding carboxylic acids is 1. The second kappa shape index (κ2) is 11.8. The molecule has 2 N–H and O–H groups in total. The number of methoxy groups -OCH3 is 2. The van der Waals surface area contributed by atoms with Crippen LogP contribution in [0.5, 0.6) is 11.5 Å².